The fraction of sp³-hybridized carbons (Fsp3) is 0.0833. The van der Waals surface area contributed by atoms with Gasteiger partial charge in [0.25, 0.3) is 5.91 Å². The number of nitrogens with zero attached hydrogens (tertiary/aromatic N) is 1. The molecule has 1 aliphatic rings. The molecule has 28 heavy (non-hydrogen) atoms. The van der Waals surface area contributed by atoms with Crippen LogP contribution in [0.1, 0.15) is 5.56 Å². The van der Waals surface area contributed by atoms with Gasteiger partial charge in [0.15, 0.2) is 6.10 Å². The van der Waals surface area contributed by atoms with Crippen LogP contribution in [0.2, 0.25) is 0 Å². The van der Waals surface area contributed by atoms with Crippen molar-refractivity contribution in [2.75, 3.05) is 5.32 Å². The maximum absolute atomic E-state index is 12.7. The summed E-state index contributed by atoms with van der Waals surface area (Å²) in [6.45, 7) is 0. The summed E-state index contributed by atoms with van der Waals surface area (Å²) < 4.78 is 6.03. The van der Waals surface area contributed by atoms with E-state index in [-0.39, 0.29) is 5.91 Å². The lowest BCUT2D eigenvalue weighted by Crippen LogP contribution is -2.31. The van der Waals surface area contributed by atoms with Crippen molar-refractivity contribution in [3.05, 3.63) is 90.8 Å². The average Bonchev–Trinajstić information content (AvgIpc) is 3.20. The number of anilines is 1. The van der Waals surface area contributed by atoms with Gasteiger partial charge in [0.1, 0.15) is 5.75 Å². The quantitative estimate of drug-likeness (QED) is 0.564. The molecule has 4 aromatic rings. The van der Waals surface area contributed by atoms with Gasteiger partial charge in [-0.3, -0.25) is 9.78 Å². The number of pyridine rings is 1. The molecule has 0 radical (unpaired) electrons. The Hall–Kier alpha value is -3.66. The van der Waals surface area contributed by atoms with Crippen molar-refractivity contribution in [3.8, 4) is 16.9 Å². The van der Waals surface area contributed by atoms with Crippen LogP contribution >= 0.6 is 0 Å². The minimum atomic E-state index is -0.513. The van der Waals surface area contributed by atoms with E-state index < -0.39 is 6.10 Å². The molecular weight excluding hydrogens is 348 g/mol. The largest absolute Gasteiger partial charge is 0.479 e. The molecule has 1 aliphatic heterocycles. The number of nitrogens with one attached hydrogen (secondary N) is 1. The van der Waals surface area contributed by atoms with Gasteiger partial charge >= 0.3 is 0 Å². The number of aromatic nitrogens is 1. The van der Waals surface area contributed by atoms with Crippen molar-refractivity contribution in [3.63, 3.8) is 0 Å². The number of hydrogen-bond acceptors (Lipinski definition) is 3. The van der Waals surface area contributed by atoms with E-state index in [2.05, 4.69) is 28.5 Å². The lowest BCUT2D eigenvalue weighted by atomic mass is 10.0. The lowest BCUT2D eigenvalue weighted by molar-refractivity contribution is -0.121. The molecule has 2 heterocycles. The predicted molar refractivity (Wildman–Crippen MR) is 110 cm³/mol. The van der Waals surface area contributed by atoms with Gasteiger partial charge in [-0.1, -0.05) is 48.5 Å². The normalized spacial score (nSPS) is 15.1. The Bertz CT molecular complexity index is 1150. The van der Waals surface area contributed by atoms with Gasteiger partial charge in [0, 0.05) is 29.9 Å². The van der Waals surface area contributed by atoms with Crippen LogP contribution in [0.5, 0.6) is 5.75 Å². The van der Waals surface area contributed by atoms with Gasteiger partial charge < -0.3 is 10.1 Å². The Morgan fingerprint density at radius 1 is 0.893 bits per heavy atom. The van der Waals surface area contributed by atoms with E-state index >= 15 is 0 Å². The van der Waals surface area contributed by atoms with Gasteiger partial charge in [-0.25, -0.2) is 0 Å². The SMILES string of the molecule is O=C(Nc1ccc(-c2ccncc2)cc1)C1Cc2ccc3ccccc3c2O1. The standard InChI is InChI=1S/C24H18N2O2/c27-24(26-20-9-7-16(8-10-20)17-11-13-25-14-12-17)22-15-19-6-5-18-3-1-2-4-21(18)23(19)28-22/h1-14,22H,15H2,(H,26,27). The minimum absolute atomic E-state index is 0.128. The Morgan fingerprint density at radius 2 is 1.64 bits per heavy atom. The molecule has 3 aromatic carbocycles. The maximum atomic E-state index is 12.7. The van der Waals surface area contributed by atoms with Crippen LogP contribution in [-0.2, 0) is 11.2 Å². The first kappa shape index (κ1) is 16.5. The molecule has 1 N–H and O–H groups in total. The first-order valence-electron chi connectivity index (χ1n) is 9.26. The second-order valence-corrected chi connectivity index (χ2v) is 6.89. The topological polar surface area (TPSA) is 51.2 Å². The van der Waals surface area contributed by atoms with Gasteiger partial charge in [-0.15, -0.1) is 0 Å². The molecule has 0 saturated heterocycles. The molecule has 1 unspecified atom stereocenters. The van der Waals surface area contributed by atoms with Gasteiger partial charge in [0.05, 0.1) is 0 Å². The zero-order valence-corrected chi connectivity index (χ0v) is 15.1. The van der Waals surface area contributed by atoms with E-state index in [1.54, 1.807) is 12.4 Å². The summed E-state index contributed by atoms with van der Waals surface area (Å²) in [6.07, 6.45) is 3.61. The maximum Gasteiger partial charge on any atom is 0.265 e. The Kier molecular flexibility index (Phi) is 4.02. The monoisotopic (exact) mass is 366 g/mol. The zero-order valence-electron chi connectivity index (χ0n) is 15.1. The van der Waals surface area contributed by atoms with E-state index in [4.69, 9.17) is 4.74 Å². The number of ether oxygens (including phenoxy) is 1. The Balaban J connectivity index is 1.32. The molecule has 0 fully saturated rings. The van der Waals surface area contributed by atoms with Crippen LogP contribution in [0, 0.1) is 0 Å². The minimum Gasteiger partial charge on any atom is -0.479 e. The van der Waals surface area contributed by atoms with Crippen molar-refractivity contribution in [2.24, 2.45) is 0 Å². The fourth-order valence-electron chi connectivity index (χ4n) is 3.63. The predicted octanol–water partition coefficient (Wildman–Crippen LogP) is 4.84. The molecule has 0 bridgehead atoms. The van der Waals surface area contributed by atoms with Crippen LogP contribution in [0.25, 0.3) is 21.9 Å². The van der Waals surface area contributed by atoms with E-state index in [1.165, 1.54) is 0 Å². The summed E-state index contributed by atoms with van der Waals surface area (Å²) in [5.74, 6) is 0.697. The van der Waals surface area contributed by atoms with E-state index in [1.807, 2.05) is 54.6 Å². The molecule has 136 valence electrons. The second kappa shape index (κ2) is 6.82. The summed E-state index contributed by atoms with van der Waals surface area (Å²) >= 11 is 0. The highest BCUT2D eigenvalue weighted by molar-refractivity contribution is 5.97. The van der Waals surface area contributed by atoms with E-state index in [0.717, 1.165) is 38.9 Å². The molecular formula is C24H18N2O2. The number of carbonyl (C=O) groups is 1. The van der Waals surface area contributed by atoms with Crippen molar-refractivity contribution >= 4 is 22.4 Å². The van der Waals surface area contributed by atoms with Crippen molar-refractivity contribution in [1.29, 1.82) is 0 Å². The van der Waals surface area contributed by atoms with Gasteiger partial charge in [-0.2, -0.15) is 0 Å². The van der Waals surface area contributed by atoms with E-state index in [0.29, 0.717) is 6.42 Å². The summed E-state index contributed by atoms with van der Waals surface area (Å²) in [5, 5.41) is 5.14. The van der Waals surface area contributed by atoms with Crippen LogP contribution in [0.4, 0.5) is 5.69 Å². The number of hydrogen-bond donors (Lipinski definition) is 1. The molecule has 1 aromatic heterocycles. The van der Waals surface area contributed by atoms with Gasteiger partial charge in [0.2, 0.25) is 0 Å². The third-order valence-electron chi connectivity index (χ3n) is 5.09. The highest BCUT2D eigenvalue weighted by atomic mass is 16.5. The summed E-state index contributed by atoms with van der Waals surface area (Å²) in [6, 6.07) is 23.9. The summed E-state index contributed by atoms with van der Waals surface area (Å²) in [7, 11) is 0. The zero-order chi connectivity index (χ0) is 18.9. The Morgan fingerprint density at radius 3 is 2.46 bits per heavy atom. The van der Waals surface area contributed by atoms with Crippen molar-refractivity contribution in [1.82, 2.24) is 4.98 Å². The summed E-state index contributed by atoms with van der Waals surface area (Å²) in [4.78, 5) is 16.8. The number of fused-ring (bicyclic) bond motifs is 3. The van der Waals surface area contributed by atoms with Gasteiger partial charge in [-0.05, 0) is 46.3 Å². The highest BCUT2D eigenvalue weighted by Gasteiger charge is 2.30. The first-order valence-corrected chi connectivity index (χ1v) is 9.26. The first-order chi connectivity index (χ1) is 13.8. The molecule has 5 rings (SSSR count). The second-order valence-electron chi connectivity index (χ2n) is 6.89. The van der Waals surface area contributed by atoms with E-state index in [9.17, 15) is 4.79 Å². The third-order valence-corrected chi connectivity index (χ3v) is 5.09. The number of rotatable bonds is 3. The van der Waals surface area contributed by atoms with Crippen molar-refractivity contribution < 1.29 is 9.53 Å². The average molecular weight is 366 g/mol. The number of carbonyl (C=O) groups excluding carboxylic acids is 1. The highest BCUT2D eigenvalue weighted by Crippen LogP contribution is 2.36. The summed E-state index contributed by atoms with van der Waals surface area (Å²) in [5.41, 5.74) is 4.00. The Labute approximate surface area is 162 Å². The van der Waals surface area contributed by atoms with Crippen LogP contribution in [0.3, 0.4) is 0 Å². The number of benzene rings is 3. The third kappa shape index (κ3) is 2.99. The fourth-order valence-corrected chi connectivity index (χ4v) is 3.63. The lowest BCUT2D eigenvalue weighted by Gasteiger charge is -2.12. The van der Waals surface area contributed by atoms with Crippen LogP contribution in [-0.4, -0.2) is 17.0 Å². The smallest absolute Gasteiger partial charge is 0.265 e. The molecule has 4 heteroatoms. The van der Waals surface area contributed by atoms with Crippen LogP contribution < -0.4 is 10.1 Å². The van der Waals surface area contributed by atoms with Crippen LogP contribution in [0.15, 0.2) is 85.2 Å². The molecule has 1 atom stereocenters. The molecule has 0 saturated carbocycles. The molecule has 0 aliphatic carbocycles. The molecule has 0 spiro atoms. The van der Waals surface area contributed by atoms with Crippen molar-refractivity contribution in [2.45, 2.75) is 12.5 Å². The number of amides is 1. The molecule has 4 nitrogen and oxygen atoms in total. The molecule has 1 amide bonds.